The minimum absolute atomic E-state index is 0.00664. The van der Waals surface area contributed by atoms with Crippen molar-refractivity contribution in [3.63, 3.8) is 0 Å². The van der Waals surface area contributed by atoms with Crippen molar-refractivity contribution in [1.29, 1.82) is 0 Å². The predicted molar refractivity (Wildman–Crippen MR) is 109 cm³/mol. The first-order chi connectivity index (χ1) is 13.3. The molecule has 3 rings (SSSR count). The fourth-order valence-corrected chi connectivity index (χ4v) is 3.07. The Hall–Kier alpha value is -3.28. The quantitative estimate of drug-likeness (QED) is 0.742. The molecular weight excluding hydrogens is 352 g/mol. The molecule has 0 spiro atoms. The van der Waals surface area contributed by atoms with Crippen LogP contribution in [0.1, 0.15) is 34.2 Å². The monoisotopic (exact) mass is 376 g/mol. The summed E-state index contributed by atoms with van der Waals surface area (Å²) < 4.78 is 0. The Balaban J connectivity index is 1.74. The number of aryl methyl sites for hydroxylation is 2. The number of H-pyrrole nitrogens is 1. The molecule has 0 saturated carbocycles. The number of likely N-dealkylation sites (N-methyl/N-ethyl adjacent to an activating group) is 1. The van der Waals surface area contributed by atoms with E-state index in [9.17, 15) is 9.59 Å². The summed E-state index contributed by atoms with van der Waals surface area (Å²) >= 11 is 0. The number of benzene rings is 1. The van der Waals surface area contributed by atoms with E-state index in [1.807, 2.05) is 32.9 Å². The Morgan fingerprint density at radius 1 is 1.14 bits per heavy atom. The van der Waals surface area contributed by atoms with Crippen LogP contribution in [0.2, 0.25) is 0 Å². The number of carbonyl (C=O) groups excluding carboxylic acids is 1. The van der Waals surface area contributed by atoms with Gasteiger partial charge >= 0.3 is 0 Å². The minimum Gasteiger partial charge on any atom is -0.339 e. The van der Waals surface area contributed by atoms with Gasteiger partial charge in [-0.1, -0.05) is 12.1 Å². The number of amides is 1. The maximum absolute atomic E-state index is 12.8. The second-order valence-corrected chi connectivity index (χ2v) is 7.12. The lowest BCUT2D eigenvalue weighted by Crippen LogP contribution is -2.36. The normalized spacial score (nSPS) is 11.9. The topological polar surface area (TPSA) is 79.0 Å². The van der Waals surface area contributed by atoms with Gasteiger partial charge in [0.2, 0.25) is 0 Å². The fourth-order valence-electron chi connectivity index (χ4n) is 3.07. The Labute approximate surface area is 164 Å². The molecule has 1 N–H and O–H groups in total. The van der Waals surface area contributed by atoms with Crippen LogP contribution in [-0.2, 0) is 6.42 Å². The Morgan fingerprint density at radius 2 is 1.86 bits per heavy atom. The van der Waals surface area contributed by atoms with Gasteiger partial charge in [-0.2, -0.15) is 5.10 Å². The number of nitrogens with one attached hydrogen (secondary N) is 1. The highest BCUT2D eigenvalue weighted by Crippen LogP contribution is 2.18. The number of rotatable bonds is 5. The van der Waals surface area contributed by atoms with E-state index in [2.05, 4.69) is 15.2 Å². The maximum Gasteiger partial charge on any atom is 0.272 e. The molecule has 1 atom stereocenters. The lowest BCUT2D eigenvalue weighted by atomic mass is 10.0. The molecular formula is C22H24N4O2. The first kappa shape index (κ1) is 19.5. The molecule has 0 saturated heterocycles. The molecule has 2 heterocycles. The molecule has 2 aromatic heterocycles. The molecule has 144 valence electrons. The first-order valence-electron chi connectivity index (χ1n) is 9.20. The van der Waals surface area contributed by atoms with Crippen molar-refractivity contribution in [2.75, 3.05) is 7.05 Å². The third kappa shape index (κ3) is 4.34. The van der Waals surface area contributed by atoms with Crippen molar-refractivity contribution in [1.82, 2.24) is 20.1 Å². The molecule has 6 nitrogen and oxygen atoms in total. The zero-order valence-electron chi connectivity index (χ0n) is 16.6. The fraction of sp³-hybridized carbons (Fsp3) is 0.273. The van der Waals surface area contributed by atoms with Crippen LogP contribution in [0, 0.1) is 13.8 Å². The van der Waals surface area contributed by atoms with E-state index in [1.54, 1.807) is 48.5 Å². The van der Waals surface area contributed by atoms with Gasteiger partial charge < -0.3 is 4.90 Å². The second kappa shape index (κ2) is 8.17. The van der Waals surface area contributed by atoms with Crippen LogP contribution in [-0.4, -0.2) is 39.1 Å². The van der Waals surface area contributed by atoms with Crippen LogP contribution in [0.4, 0.5) is 0 Å². The number of aromatic amines is 1. The summed E-state index contributed by atoms with van der Waals surface area (Å²) in [6.07, 6.45) is 2.48. The van der Waals surface area contributed by atoms with Crippen LogP contribution in [0.3, 0.4) is 0 Å². The van der Waals surface area contributed by atoms with Crippen molar-refractivity contribution in [2.45, 2.75) is 33.2 Å². The van der Waals surface area contributed by atoms with Crippen molar-refractivity contribution in [3.05, 3.63) is 81.5 Å². The zero-order valence-corrected chi connectivity index (χ0v) is 16.6. The number of pyridine rings is 1. The average Bonchev–Trinajstić information content (AvgIpc) is 2.69. The Kier molecular flexibility index (Phi) is 5.68. The number of hydrogen-bond acceptors (Lipinski definition) is 4. The van der Waals surface area contributed by atoms with Gasteiger partial charge in [0.15, 0.2) is 0 Å². The molecule has 0 unspecified atom stereocenters. The van der Waals surface area contributed by atoms with Crippen LogP contribution in [0.5, 0.6) is 0 Å². The molecule has 28 heavy (non-hydrogen) atoms. The summed E-state index contributed by atoms with van der Waals surface area (Å²) in [6.45, 7) is 5.86. The van der Waals surface area contributed by atoms with Crippen LogP contribution >= 0.6 is 0 Å². The van der Waals surface area contributed by atoms with E-state index >= 15 is 0 Å². The highest BCUT2D eigenvalue weighted by Gasteiger charge is 2.18. The lowest BCUT2D eigenvalue weighted by Gasteiger charge is -2.25. The van der Waals surface area contributed by atoms with Crippen molar-refractivity contribution < 1.29 is 4.79 Å². The summed E-state index contributed by atoms with van der Waals surface area (Å²) in [5, 5.41) is 6.37. The summed E-state index contributed by atoms with van der Waals surface area (Å²) in [6, 6.07) is 12.8. The first-order valence-corrected chi connectivity index (χ1v) is 9.20. The lowest BCUT2D eigenvalue weighted by molar-refractivity contribution is 0.0743. The number of nitrogens with zero attached hydrogens (tertiary/aromatic N) is 3. The van der Waals surface area contributed by atoms with E-state index in [0.29, 0.717) is 17.5 Å². The molecule has 0 aliphatic carbocycles. The third-order valence-electron chi connectivity index (χ3n) is 4.83. The van der Waals surface area contributed by atoms with Gasteiger partial charge in [-0.15, -0.1) is 0 Å². The van der Waals surface area contributed by atoms with Gasteiger partial charge in [-0.3, -0.25) is 14.6 Å². The summed E-state index contributed by atoms with van der Waals surface area (Å²) in [4.78, 5) is 30.9. The molecule has 0 radical (unpaired) electrons. The molecule has 6 heteroatoms. The maximum atomic E-state index is 12.8. The molecule has 0 fully saturated rings. The smallest absolute Gasteiger partial charge is 0.272 e. The second-order valence-electron chi connectivity index (χ2n) is 7.12. The van der Waals surface area contributed by atoms with E-state index in [4.69, 9.17) is 0 Å². The molecule has 1 aromatic carbocycles. The van der Waals surface area contributed by atoms with E-state index in [-0.39, 0.29) is 17.5 Å². The van der Waals surface area contributed by atoms with Gasteiger partial charge in [0, 0.05) is 37.0 Å². The van der Waals surface area contributed by atoms with Gasteiger partial charge in [0.1, 0.15) is 0 Å². The standard InChI is InChI=1S/C22H24N4O2/c1-14-9-10-23-19(11-14)13-16(3)26(4)22(28)18-7-5-17(6-8-18)20-12-15(2)24-25-21(20)27/h5-12,16H,13H2,1-4H3,(H,25,27)/t16-/m0/s1. The summed E-state index contributed by atoms with van der Waals surface area (Å²) in [7, 11) is 1.80. The number of aromatic nitrogens is 3. The molecule has 0 bridgehead atoms. The van der Waals surface area contributed by atoms with Gasteiger partial charge in [-0.25, -0.2) is 5.10 Å². The number of carbonyl (C=O) groups is 1. The van der Waals surface area contributed by atoms with Crippen molar-refractivity contribution >= 4 is 5.91 Å². The molecule has 1 amide bonds. The van der Waals surface area contributed by atoms with E-state index < -0.39 is 0 Å². The zero-order chi connectivity index (χ0) is 20.3. The Bertz CT molecular complexity index is 1040. The SMILES string of the molecule is Cc1ccnc(C[C@H](C)N(C)C(=O)c2ccc(-c3cc(C)n[nH]c3=O)cc2)c1. The largest absolute Gasteiger partial charge is 0.339 e. The van der Waals surface area contributed by atoms with Crippen LogP contribution < -0.4 is 5.56 Å². The van der Waals surface area contributed by atoms with E-state index in [1.165, 1.54) is 0 Å². The minimum atomic E-state index is -0.249. The van der Waals surface area contributed by atoms with Crippen LogP contribution in [0.15, 0.2) is 53.5 Å². The highest BCUT2D eigenvalue weighted by molar-refractivity contribution is 5.94. The predicted octanol–water partition coefficient (Wildman–Crippen LogP) is 3.15. The van der Waals surface area contributed by atoms with Gasteiger partial charge in [-0.05, 0) is 62.2 Å². The third-order valence-corrected chi connectivity index (χ3v) is 4.83. The molecule has 3 aromatic rings. The Morgan fingerprint density at radius 3 is 2.54 bits per heavy atom. The van der Waals surface area contributed by atoms with Crippen molar-refractivity contribution in [2.24, 2.45) is 0 Å². The van der Waals surface area contributed by atoms with Gasteiger partial charge in [0.05, 0.1) is 11.3 Å². The molecule has 0 aliphatic heterocycles. The van der Waals surface area contributed by atoms with Crippen LogP contribution in [0.25, 0.3) is 11.1 Å². The summed E-state index contributed by atoms with van der Waals surface area (Å²) in [5.74, 6) is -0.0634. The number of hydrogen-bond donors (Lipinski definition) is 1. The van der Waals surface area contributed by atoms with Gasteiger partial charge in [0.25, 0.3) is 11.5 Å². The molecule has 0 aliphatic rings. The highest BCUT2D eigenvalue weighted by atomic mass is 16.2. The summed E-state index contributed by atoms with van der Waals surface area (Å²) in [5.41, 5.74) is 4.48. The van der Waals surface area contributed by atoms with Crippen molar-refractivity contribution in [3.8, 4) is 11.1 Å². The van der Waals surface area contributed by atoms with E-state index in [0.717, 1.165) is 22.5 Å². The average molecular weight is 376 g/mol.